The average Bonchev–Trinajstić information content (AvgIpc) is 3.21. The first kappa shape index (κ1) is 24.4. The quantitative estimate of drug-likeness (QED) is 0.265. The predicted molar refractivity (Wildman–Crippen MR) is 140 cm³/mol. The summed E-state index contributed by atoms with van der Waals surface area (Å²) in [6.07, 6.45) is 1.69. The highest BCUT2D eigenvalue weighted by Gasteiger charge is 2.47. The molecule has 0 bridgehead atoms. The molecule has 0 aliphatic carbocycles. The number of anilines is 1. The zero-order chi connectivity index (χ0) is 25.9. The second-order valence-electron chi connectivity index (χ2n) is 8.97. The molecule has 0 saturated carbocycles. The molecule has 1 unspecified atom stereocenters. The number of aryl methyl sites for hydroxylation is 1. The number of amides is 1. The number of hydrogen-bond donors (Lipinski definition) is 1. The molecule has 1 N–H and O–H groups in total. The molecule has 1 amide bonds. The fraction of sp³-hybridized carbons (Fsp3) is 0.267. The van der Waals surface area contributed by atoms with Gasteiger partial charge in [0.2, 0.25) is 0 Å². The van der Waals surface area contributed by atoms with Crippen LogP contribution in [0.2, 0.25) is 0 Å². The smallest absolute Gasteiger partial charge is 0.300 e. The third kappa shape index (κ3) is 4.65. The van der Waals surface area contributed by atoms with Crippen LogP contribution in [-0.2, 0) is 16.0 Å². The lowest BCUT2D eigenvalue weighted by atomic mass is 9.94. The Kier molecular flexibility index (Phi) is 6.86. The lowest BCUT2D eigenvalue weighted by molar-refractivity contribution is -0.132. The van der Waals surface area contributed by atoms with Crippen LogP contribution >= 0.6 is 0 Å². The van der Waals surface area contributed by atoms with Gasteiger partial charge in [-0.1, -0.05) is 50.2 Å². The molecule has 7 heteroatoms. The minimum absolute atomic E-state index is 0.0248. The number of Topliss-reactive ketones (excluding diaryl/α,β-unsaturated/α-hetero) is 1. The number of ketones is 1. The normalized spacial score (nSPS) is 18.2. The van der Waals surface area contributed by atoms with Crippen LogP contribution in [-0.4, -0.2) is 36.6 Å². The minimum Gasteiger partial charge on any atom is -0.507 e. The van der Waals surface area contributed by atoms with Crippen LogP contribution in [0.5, 0.6) is 17.2 Å². The first-order chi connectivity index (χ1) is 18.0. The maximum absolute atomic E-state index is 13.5. The number of rotatable bonds is 7. The first-order valence-corrected chi connectivity index (χ1v) is 12.5. The fourth-order valence-corrected chi connectivity index (χ4v) is 4.64. The highest BCUT2D eigenvalue weighted by molar-refractivity contribution is 6.51. The molecule has 1 atom stereocenters. The number of benzene rings is 3. The number of carbonyl (C=O) groups excluding carboxylic acids is 2. The summed E-state index contributed by atoms with van der Waals surface area (Å²) >= 11 is 0. The summed E-state index contributed by atoms with van der Waals surface area (Å²) in [4.78, 5) is 28.4. The van der Waals surface area contributed by atoms with Gasteiger partial charge in [0.1, 0.15) is 24.7 Å². The standard InChI is InChI=1S/C30H29NO6/c1-3-14-35-23-7-5-6-21(17-23)28(32)26-27(20-10-8-19(4-2)9-11-20)31(30(34)29(26)33)22-12-13-24-25(18-22)37-16-15-36-24/h5-13,17-18,27,32H,3-4,14-16H2,1-2H3/b28-26+. The number of ether oxygens (including phenoxy) is 3. The van der Waals surface area contributed by atoms with Gasteiger partial charge in [-0.3, -0.25) is 14.5 Å². The van der Waals surface area contributed by atoms with Gasteiger partial charge in [0.15, 0.2) is 11.5 Å². The van der Waals surface area contributed by atoms with E-state index in [1.165, 1.54) is 4.90 Å². The molecular weight excluding hydrogens is 470 g/mol. The summed E-state index contributed by atoms with van der Waals surface area (Å²) in [7, 11) is 0. The highest BCUT2D eigenvalue weighted by atomic mass is 16.6. The van der Waals surface area contributed by atoms with Crippen molar-refractivity contribution in [2.45, 2.75) is 32.7 Å². The zero-order valence-electron chi connectivity index (χ0n) is 20.9. The number of aliphatic hydroxyl groups is 1. The number of aliphatic hydroxyl groups excluding tert-OH is 1. The summed E-state index contributed by atoms with van der Waals surface area (Å²) in [5, 5.41) is 11.4. The monoisotopic (exact) mass is 499 g/mol. The van der Waals surface area contributed by atoms with Gasteiger partial charge in [0.25, 0.3) is 11.7 Å². The largest absolute Gasteiger partial charge is 0.507 e. The summed E-state index contributed by atoms with van der Waals surface area (Å²) < 4.78 is 17.1. The topological polar surface area (TPSA) is 85.3 Å². The molecule has 0 spiro atoms. The van der Waals surface area contributed by atoms with E-state index in [1.54, 1.807) is 42.5 Å². The number of carbonyl (C=O) groups is 2. The first-order valence-electron chi connectivity index (χ1n) is 12.5. The van der Waals surface area contributed by atoms with Crippen LogP contribution in [0.25, 0.3) is 5.76 Å². The van der Waals surface area contributed by atoms with Crippen molar-refractivity contribution in [1.82, 2.24) is 0 Å². The van der Waals surface area contributed by atoms with Crippen molar-refractivity contribution in [2.75, 3.05) is 24.7 Å². The van der Waals surface area contributed by atoms with Crippen molar-refractivity contribution in [3.05, 3.63) is 89.0 Å². The molecule has 2 heterocycles. The van der Waals surface area contributed by atoms with E-state index in [2.05, 4.69) is 6.92 Å². The molecule has 3 aromatic rings. The van der Waals surface area contributed by atoms with E-state index < -0.39 is 17.7 Å². The molecule has 1 saturated heterocycles. The van der Waals surface area contributed by atoms with Gasteiger partial charge in [-0.05, 0) is 48.2 Å². The predicted octanol–water partition coefficient (Wildman–Crippen LogP) is 5.44. The van der Waals surface area contributed by atoms with Crippen molar-refractivity contribution in [1.29, 1.82) is 0 Å². The molecule has 1 fully saturated rings. The van der Waals surface area contributed by atoms with E-state index in [4.69, 9.17) is 14.2 Å². The molecule has 0 aromatic heterocycles. The van der Waals surface area contributed by atoms with E-state index in [1.807, 2.05) is 31.2 Å². The van der Waals surface area contributed by atoms with Crippen molar-refractivity contribution < 1.29 is 28.9 Å². The second-order valence-corrected chi connectivity index (χ2v) is 8.97. The van der Waals surface area contributed by atoms with Gasteiger partial charge in [-0.25, -0.2) is 0 Å². The maximum atomic E-state index is 13.5. The third-order valence-electron chi connectivity index (χ3n) is 6.53. The van der Waals surface area contributed by atoms with E-state index in [0.717, 1.165) is 18.4 Å². The Labute approximate surface area is 215 Å². The Morgan fingerprint density at radius 2 is 1.73 bits per heavy atom. The molecule has 3 aromatic carbocycles. The van der Waals surface area contributed by atoms with E-state index in [-0.39, 0.29) is 11.3 Å². The molecule has 5 rings (SSSR count). The van der Waals surface area contributed by atoms with Gasteiger partial charge in [0.05, 0.1) is 18.2 Å². The summed E-state index contributed by atoms with van der Waals surface area (Å²) in [5.41, 5.74) is 2.75. The van der Waals surface area contributed by atoms with Gasteiger partial charge < -0.3 is 19.3 Å². The average molecular weight is 500 g/mol. The molecular formula is C30H29NO6. The van der Waals surface area contributed by atoms with Gasteiger partial charge >= 0.3 is 0 Å². The minimum atomic E-state index is -0.825. The Hall–Kier alpha value is -4.26. The molecule has 190 valence electrons. The number of hydrogen-bond acceptors (Lipinski definition) is 6. The summed E-state index contributed by atoms with van der Waals surface area (Å²) in [6.45, 7) is 5.44. The van der Waals surface area contributed by atoms with E-state index in [9.17, 15) is 14.7 Å². The Morgan fingerprint density at radius 1 is 0.973 bits per heavy atom. The Morgan fingerprint density at radius 3 is 2.46 bits per heavy atom. The van der Waals surface area contributed by atoms with E-state index in [0.29, 0.717) is 53.9 Å². The van der Waals surface area contributed by atoms with Crippen LogP contribution in [0.1, 0.15) is 43.0 Å². The lowest BCUT2D eigenvalue weighted by Gasteiger charge is -2.27. The summed E-state index contributed by atoms with van der Waals surface area (Å²) in [5.74, 6) is -0.0513. The lowest BCUT2D eigenvalue weighted by Crippen LogP contribution is -2.29. The van der Waals surface area contributed by atoms with Crippen LogP contribution in [0.3, 0.4) is 0 Å². The number of nitrogens with zero attached hydrogens (tertiary/aromatic N) is 1. The molecule has 0 radical (unpaired) electrons. The van der Waals surface area contributed by atoms with Crippen LogP contribution in [0.15, 0.2) is 72.3 Å². The van der Waals surface area contributed by atoms with Crippen molar-refractivity contribution >= 4 is 23.1 Å². The maximum Gasteiger partial charge on any atom is 0.300 e. The SMILES string of the molecule is CCCOc1cccc(/C(O)=C2\C(=O)C(=O)N(c3ccc4c(c3)OCCO4)C2c2ccc(CC)cc2)c1. The van der Waals surface area contributed by atoms with Gasteiger partial charge in [-0.15, -0.1) is 0 Å². The molecule has 2 aliphatic heterocycles. The molecule has 2 aliphatic rings. The van der Waals surface area contributed by atoms with E-state index >= 15 is 0 Å². The Bertz CT molecular complexity index is 1360. The Balaban J connectivity index is 1.65. The molecule has 37 heavy (non-hydrogen) atoms. The van der Waals surface area contributed by atoms with Crippen LogP contribution in [0.4, 0.5) is 5.69 Å². The molecule has 7 nitrogen and oxygen atoms in total. The highest BCUT2D eigenvalue weighted by Crippen LogP contribution is 2.44. The van der Waals surface area contributed by atoms with Crippen LogP contribution < -0.4 is 19.1 Å². The van der Waals surface area contributed by atoms with Crippen molar-refractivity contribution in [2.24, 2.45) is 0 Å². The third-order valence-corrected chi connectivity index (χ3v) is 6.53. The number of fused-ring (bicyclic) bond motifs is 1. The summed E-state index contributed by atoms with van der Waals surface area (Å²) in [6, 6.07) is 19.0. The van der Waals surface area contributed by atoms with Gasteiger partial charge in [0, 0.05) is 17.3 Å². The fourth-order valence-electron chi connectivity index (χ4n) is 4.64. The second kappa shape index (κ2) is 10.4. The van der Waals surface area contributed by atoms with Crippen molar-refractivity contribution in [3.63, 3.8) is 0 Å². The van der Waals surface area contributed by atoms with Crippen LogP contribution in [0, 0.1) is 0 Å². The van der Waals surface area contributed by atoms with Crippen molar-refractivity contribution in [3.8, 4) is 17.2 Å². The van der Waals surface area contributed by atoms with Gasteiger partial charge in [-0.2, -0.15) is 0 Å². The zero-order valence-corrected chi connectivity index (χ0v) is 20.9.